The van der Waals surface area contributed by atoms with E-state index in [4.69, 9.17) is 9.84 Å². The number of carboxylic acids is 1. The highest BCUT2D eigenvalue weighted by Crippen LogP contribution is 2.12. The largest absolute Gasteiger partial charge is 0.481 e. The standard InChI is InChI=1S/C13H26N2O4/c1-10(2)8-19-7-5-6-14-12(18)15-9-13(3,4)11(16)17/h10H,5-9H2,1-4H3,(H,16,17)(H2,14,15,18). The summed E-state index contributed by atoms with van der Waals surface area (Å²) in [5.41, 5.74) is -0.961. The van der Waals surface area contributed by atoms with Crippen molar-refractivity contribution in [3.8, 4) is 0 Å². The van der Waals surface area contributed by atoms with Crippen LogP contribution in [-0.4, -0.2) is 43.4 Å². The Bertz CT molecular complexity index is 290. The molecule has 0 atom stereocenters. The van der Waals surface area contributed by atoms with Crippen LogP contribution in [0.4, 0.5) is 4.79 Å². The first-order valence-electron chi connectivity index (χ1n) is 6.58. The SMILES string of the molecule is CC(C)COCCCNC(=O)NCC(C)(C)C(=O)O. The van der Waals surface area contributed by atoms with E-state index in [2.05, 4.69) is 24.5 Å². The zero-order valence-electron chi connectivity index (χ0n) is 12.3. The first kappa shape index (κ1) is 17.7. The van der Waals surface area contributed by atoms with Gasteiger partial charge in [-0.25, -0.2) is 4.79 Å². The molecule has 0 spiro atoms. The maximum atomic E-state index is 11.4. The molecule has 19 heavy (non-hydrogen) atoms. The second kappa shape index (κ2) is 8.74. The lowest BCUT2D eigenvalue weighted by Gasteiger charge is -2.19. The molecule has 6 nitrogen and oxygen atoms in total. The summed E-state index contributed by atoms with van der Waals surface area (Å²) >= 11 is 0. The minimum atomic E-state index is -0.961. The van der Waals surface area contributed by atoms with E-state index >= 15 is 0 Å². The van der Waals surface area contributed by atoms with Crippen molar-refractivity contribution in [2.45, 2.75) is 34.1 Å². The van der Waals surface area contributed by atoms with Gasteiger partial charge in [-0.15, -0.1) is 0 Å². The lowest BCUT2D eigenvalue weighted by molar-refractivity contribution is -0.146. The van der Waals surface area contributed by atoms with Gasteiger partial charge < -0.3 is 20.5 Å². The fourth-order valence-corrected chi connectivity index (χ4v) is 1.13. The third-order valence-electron chi connectivity index (χ3n) is 2.47. The second-order valence-electron chi connectivity index (χ2n) is 5.62. The van der Waals surface area contributed by atoms with Crippen LogP contribution in [0.2, 0.25) is 0 Å². The number of hydrogen-bond acceptors (Lipinski definition) is 3. The van der Waals surface area contributed by atoms with E-state index in [1.165, 1.54) is 0 Å². The van der Waals surface area contributed by atoms with Gasteiger partial charge >= 0.3 is 12.0 Å². The van der Waals surface area contributed by atoms with Gasteiger partial charge in [0.15, 0.2) is 0 Å². The summed E-state index contributed by atoms with van der Waals surface area (Å²) < 4.78 is 5.37. The van der Waals surface area contributed by atoms with E-state index < -0.39 is 11.4 Å². The van der Waals surface area contributed by atoms with Crippen molar-refractivity contribution >= 4 is 12.0 Å². The van der Waals surface area contributed by atoms with Crippen molar-refractivity contribution in [3.05, 3.63) is 0 Å². The molecule has 2 amide bonds. The quantitative estimate of drug-likeness (QED) is 0.555. The van der Waals surface area contributed by atoms with E-state index in [0.717, 1.165) is 13.0 Å². The summed E-state index contributed by atoms with van der Waals surface area (Å²) in [5.74, 6) is -0.426. The Balaban J connectivity index is 3.58. The van der Waals surface area contributed by atoms with E-state index in [1.54, 1.807) is 13.8 Å². The Morgan fingerprint density at radius 2 is 1.89 bits per heavy atom. The van der Waals surface area contributed by atoms with Gasteiger partial charge in [-0.05, 0) is 26.2 Å². The van der Waals surface area contributed by atoms with Gasteiger partial charge in [-0.1, -0.05) is 13.8 Å². The maximum Gasteiger partial charge on any atom is 0.314 e. The van der Waals surface area contributed by atoms with Crippen molar-refractivity contribution in [1.82, 2.24) is 10.6 Å². The molecule has 0 aromatic rings. The normalized spacial score (nSPS) is 11.4. The Morgan fingerprint density at radius 1 is 1.26 bits per heavy atom. The molecule has 0 saturated carbocycles. The molecule has 0 saturated heterocycles. The zero-order valence-corrected chi connectivity index (χ0v) is 12.3. The van der Waals surface area contributed by atoms with Crippen LogP contribution in [0.5, 0.6) is 0 Å². The van der Waals surface area contributed by atoms with Crippen molar-refractivity contribution in [1.29, 1.82) is 0 Å². The number of rotatable bonds is 9. The van der Waals surface area contributed by atoms with Crippen molar-refractivity contribution in [2.24, 2.45) is 11.3 Å². The molecule has 0 rings (SSSR count). The van der Waals surface area contributed by atoms with E-state index in [-0.39, 0.29) is 12.6 Å². The molecular weight excluding hydrogens is 248 g/mol. The summed E-state index contributed by atoms with van der Waals surface area (Å²) in [6.45, 7) is 9.23. The third-order valence-corrected chi connectivity index (χ3v) is 2.47. The Morgan fingerprint density at radius 3 is 2.42 bits per heavy atom. The van der Waals surface area contributed by atoms with Crippen molar-refractivity contribution in [3.63, 3.8) is 0 Å². The molecule has 0 fully saturated rings. The number of carboxylic acid groups (broad SMARTS) is 1. The molecule has 3 N–H and O–H groups in total. The lowest BCUT2D eigenvalue weighted by Crippen LogP contribution is -2.43. The summed E-state index contributed by atoms with van der Waals surface area (Å²) in [6, 6.07) is -0.349. The van der Waals surface area contributed by atoms with Crippen LogP contribution in [0.1, 0.15) is 34.1 Å². The highest BCUT2D eigenvalue weighted by atomic mass is 16.5. The molecule has 112 valence electrons. The smallest absolute Gasteiger partial charge is 0.314 e. The number of carbonyl (C=O) groups is 2. The average molecular weight is 274 g/mol. The van der Waals surface area contributed by atoms with Crippen LogP contribution >= 0.6 is 0 Å². The molecule has 0 heterocycles. The Kier molecular flexibility index (Phi) is 8.14. The highest BCUT2D eigenvalue weighted by Gasteiger charge is 2.27. The molecule has 6 heteroatoms. The van der Waals surface area contributed by atoms with Gasteiger partial charge in [0, 0.05) is 26.3 Å². The second-order valence-corrected chi connectivity index (χ2v) is 5.62. The molecule has 0 aliphatic heterocycles. The Hall–Kier alpha value is -1.30. The predicted octanol–water partition coefficient (Wildman–Crippen LogP) is 1.46. The molecule has 0 aliphatic carbocycles. The van der Waals surface area contributed by atoms with Crippen LogP contribution in [0.15, 0.2) is 0 Å². The topological polar surface area (TPSA) is 87.7 Å². The monoisotopic (exact) mass is 274 g/mol. The van der Waals surface area contributed by atoms with Crippen molar-refractivity contribution < 1.29 is 19.4 Å². The van der Waals surface area contributed by atoms with Crippen LogP contribution < -0.4 is 10.6 Å². The summed E-state index contributed by atoms with van der Waals surface area (Å²) in [7, 11) is 0. The van der Waals surface area contributed by atoms with Crippen LogP contribution in [-0.2, 0) is 9.53 Å². The number of hydrogen-bond donors (Lipinski definition) is 3. The van der Waals surface area contributed by atoms with Crippen molar-refractivity contribution in [2.75, 3.05) is 26.3 Å². The number of ether oxygens (including phenoxy) is 1. The van der Waals surface area contributed by atoms with E-state index in [9.17, 15) is 9.59 Å². The summed E-state index contributed by atoms with van der Waals surface area (Å²) in [4.78, 5) is 22.2. The maximum absolute atomic E-state index is 11.4. The Labute approximate surface area is 114 Å². The van der Waals surface area contributed by atoms with Gasteiger partial charge in [-0.3, -0.25) is 4.79 Å². The van der Waals surface area contributed by atoms with Crippen LogP contribution in [0, 0.1) is 11.3 Å². The van der Waals surface area contributed by atoms with E-state index in [1.807, 2.05) is 0 Å². The zero-order chi connectivity index (χ0) is 14.9. The predicted molar refractivity (Wildman–Crippen MR) is 73.1 cm³/mol. The first-order chi connectivity index (χ1) is 8.75. The minimum Gasteiger partial charge on any atom is -0.481 e. The molecule has 0 aromatic heterocycles. The van der Waals surface area contributed by atoms with Crippen LogP contribution in [0.25, 0.3) is 0 Å². The molecule has 0 aromatic carbocycles. The third kappa shape index (κ3) is 9.30. The molecular formula is C13H26N2O4. The summed E-state index contributed by atoms with van der Waals surface area (Å²) in [5, 5.41) is 14.1. The van der Waals surface area contributed by atoms with Gasteiger partial charge in [-0.2, -0.15) is 0 Å². The minimum absolute atomic E-state index is 0.0953. The summed E-state index contributed by atoms with van der Waals surface area (Å²) in [6.07, 6.45) is 0.739. The number of aliphatic carboxylic acids is 1. The van der Waals surface area contributed by atoms with Gasteiger partial charge in [0.05, 0.1) is 5.41 Å². The van der Waals surface area contributed by atoms with Gasteiger partial charge in [0.2, 0.25) is 0 Å². The number of nitrogens with one attached hydrogen (secondary N) is 2. The highest BCUT2D eigenvalue weighted by molar-refractivity contribution is 5.77. The van der Waals surface area contributed by atoms with Crippen LogP contribution in [0.3, 0.4) is 0 Å². The number of carbonyl (C=O) groups excluding carboxylic acids is 1. The average Bonchev–Trinajstić information content (AvgIpc) is 2.30. The first-order valence-corrected chi connectivity index (χ1v) is 6.58. The molecule has 0 bridgehead atoms. The molecule has 0 aliphatic rings. The van der Waals surface area contributed by atoms with Gasteiger partial charge in [0.25, 0.3) is 0 Å². The fraction of sp³-hybridized carbons (Fsp3) is 0.846. The fourth-order valence-electron chi connectivity index (χ4n) is 1.13. The number of urea groups is 1. The van der Waals surface area contributed by atoms with E-state index in [0.29, 0.717) is 19.1 Å². The lowest BCUT2D eigenvalue weighted by atomic mass is 9.94. The van der Waals surface area contributed by atoms with Gasteiger partial charge in [0.1, 0.15) is 0 Å². The molecule has 0 radical (unpaired) electrons. The number of amides is 2. The molecule has 0 unspecified atom stereocenters.